The highest BCUT2D eigenvalue weighted by atomic mass is 35.7. The van der Waals surface area contributed by atoms with Crippen molar-refractivity contribution < 1.29 is 9.63 Å². The molecule has 0 saturated heterocycles. The number of unbranched alkanes of at least 4 members (excludes halogenated alkanes) is 9. The van der Waals surface area contributed by atoms with E-state index >= 15 is 0 Å². The predicted molar refractivity (Wildman–Crippen MR) is 183 cm³/mol. The van der Waals surface area contributed by atoms with Gasteiger partial charge < -0.3 is 9.63 Å². The number of hydrogen-bond donors (Lipinski definition) is 1. The highest BCUT2D eigenvalue weighted by Crippen LogP contribution is 2.57. The predicted octanol–water partition coefficient (Wildman–Crippen LogP) is 13.3. The van der Waals surface area contributed by atoms with Crippen molar-refractivity contribution in [1.29, 1.82) is 0 Å². The zero-order valence-corrected chi connectivity index (χ0v) is 29.9. The summed E-state index contributed by atoms with van der Waals surface area (Å²) >= 11 is 10.3. The minimum absolute atomic E-state index is 0.0762. The fraction of sp³-hybridized carbons (Fsp3) is 0.647. The monoisotopic (exact) mass is 624 g/mol. The van der Waals surface area contributed by atoms with Gasteiger partial charge in [-0.1, -0.05) is 129 Å². The molecule has 2 aromatic rings. The summed E-state index contributed by atoms with van der Waals surface area (Å²) in [5, 5.41) is 10.6. The summed E-state index contributed by atoms with van der Waals surface area (Å²) in [6.07, 6.45) is 13.5. The Morgan fingerprint density at radius 1 is 0.725 bits per heavy atom. The Labute approximate surface area is 260 Å². The van der Waals surface area contributed by atoms with Crippen molar-refractivity contribution in [2.24, 2.45) is 0 Å². The van der Waals surface area contributed by atoms with Crippen molar-refractivity contribution in [1.82, 2.24) is 0 Å². The number of phenols is 1. The largest absolute Gasteiger partial charge is 0.508 e. The second kappa shape index (κ2) is 16.9. The van der Waals surface area contributed by atoms with E-state index in [4.69, 9.17) is 15.8 Å². The summed E-state index contributed by atoms with van der Waals surface area (Å²) in [4.78, 5) is 2.38. The molecule has 1 N–H and O–H groups in total. The van der Waals surface area contributed by atoms with Crippen LogP contribution >= 0.6 is 41.1 Å². The third-order valence-electron chi connectivity index (χ3n) is 7.27. The lowest BCUT2D eigenvalue weighted by Gasteiger charge is -2.26. The first-order valence-corrected chi connectivity index (χ1v) is 19.7. The molecule has 2 nitrogen and oxygen atoms in total. The zero-order valence-electron chi connectivity index (χ0n) is 26.6. The topological polar surface area (TPSA) is 29.5 Å². The van der Waals surface area contributed by atoms with Crippen molar-refractivity contribution in [2.75, 3.05) is 5.75 Å². The lowest BCUT2D eigenvalue weighted by atomic mass is 9.86. The molecule has 0 amide bonds. The Morgan fingerprint density at radius 3 is 1.73 bits per heavy atom. The summed E-state index contributed by atoms with van der Waals surface area (Å²) in [7, 11) is 0. The van der Waals surface area contributed by atoms with Gasteiger partial charge in [-0.2, -0.15) is 0 Å². The SMILES string of the molecule is CCCCCCCCCCCCSP(Cl)Oc1cc(C)c(Sc2cc(C(C)(C)C)c(O)cc2C)cc1C(C)(C)C. The third-order valence-corrected chi connectivity index (χ3v) is 12.1. The zero-order chi connectivity index (χ0) is 29.9. The maximum Gasteiger partial charge on any atom is 0.246 e. The summed E-state index contributed by atoms with van der Waals surface area (Å²) in [6.45, 7) is 18.5. The van der Waals surface area contributed by atoms with Crippen LogP contribution in [0.1, 0.15) is 135 Å². The molecule has 0 heterocycles. The smallest absolute Gasteiger partial charge is 0.246 e. The van der Waals surface area contributed by atoms with Gasteiger partial charge in [-0.3, -0.25) is 0 Å². The normalized spacial score (nSPS) is 13.1. The van der Waals surface area contributed by atoms with Gasteiger partial charge in [0.1, 0.15) is 11.5 Å². The number of halogens is 1. The van der Waals surface area contributed by atoms with Crippen LogP contribution in [0.3, 0.4) is 0 Å². The van der Waals surface area contributed by atoms with E-state index in [-0.39, 0.29) is 10.8 Å². The third kappa shape index (κ3) is 12.0. The Kier molecular flexibility index (Phi) is 15.1. The molecule has 6 heteroatoms. The molecule has 40 heavy (non-hydrogen) atoms. The molecule has 0 radical (unpaired) electrons. The summed E-state index contributed by atoms with van der Waals surface area (Å²) in [5.41, 5.74) is 4.21. The van der Waals surface area contributed by atoms with Crippen molar-refractivity contribution in [3.63, 3.8) is 0 Å². The van der Waals surface area contributed by atoms with Crippen molar-refractivity contribution in [2.45, 2.75) is 147 Å². The highest BCUT2D eigenvalue weighted by molar-refractivity contribution is 8.61. The summed E-state index contributed by atoms with van der Waals surface area (Å²) < 4.78 is 6.40. The molecule has 1 unspecified atom stereocenters. The molecule has 0 spiro atoms. The molecular formula is C34H54ClO2PS2. The van der Waals surface area contributed by atoms with Crippen LogP contribution in [0.2, 0.25) is 0 Å². The fourth-order valence-corrected chi connectivity index (χ4v) is 8.69. The molecule has 1 atom stereocenters. The molecule has 2 aromatic carbocycles. The number of rotatable bonds is 16. The average Bonchev–Trinajstić information content (AvgIpc) is 2.84. The Hall–Kier alpha value is -0.540. The first-order chi connectivity index (χ1) is 18.7. The first kappa shape index (κ1) is 35.7. The van der Waals surface area contributed by atoms with Crippen LogP contribution in [-0.2, 0) is 10.8 Å². The lowest BCUT2D eigenvalue weighted by molar-refractivity contribution is 0.445. The van der Waals surface area contributed by atoms with Crippen LogP contribution in [0.5, 0.6) is 11.5 Å². The Morgan fingerprint density at radius 2 is 1.20 bits per heavy atom. The number of phenolic OH excluding ortho intramolecular Hbond substituents is 1. The van der Waals surface area contributed by atoms with Crippen molar-refractivity contribution >= 4 is 41.1 Å². The van der Waals surface area contributed by atoms with E-state index in [2.05, 4.69) is 80.5 Å². The van der Waals surface area contributed by atoms with E-state index in [1.165, 1.54) is 85.1 Å². The molecule has 0 aliphatic heterocycles. The summed E-state index contributed by atoms with van der Waals surface area (Å²) in [6, 6.07) is 8.50. The minimum Gasteiger partial charge on any atom is -0.508 e. The van der Waals surface area contributed by atoms with Gasteiger partial charge in [0.15, 0.2) is 0 Å². The van der Waals surface area contributed by atoms with Crippen LogP contribution in [-0.4, -0.2) is 10.9 Å². The average molecular weight is 625 g/mol. The molecule has 2 rings (SSSR count). The molecule has 0 saturated carbocycles. The molecule has 0 aliphatic rings. The van der Waals surface area contributed by atoms with E-state index in [0.717, 1.165) is 22.6 Å². The number of hydrogen-bond acceptors (Lipinski definition) is 4. The van der Waals surface area contributed by atoms with E-state index in [1.807, 2.05) is 6.07 Å². The minimum atomic E-state index is -1.10. The van der Waals surface area contributed by atoms with E-state index in [1.54, 1.807) is 23.1 Å². The molecule has 0 fully saturated rings. The number of benzene rings is 2. The van der Waals surface area contributed by atoms with Crippen molar-refractivity contribution in [3.05, 3.63) is 46.5 Å². The highest BCUT2D eigenvalue weighted by Gasteiger charge is 2.24. The van der Waals surface area contributed by atoms with Crippen LogP contribution in [0.15, 0.2) is 34.1 Å². The lowest BCUT2D eigenvalue weighted by Crippen LogP contribution is -2.13. The second-order valence-electron chi connectivity index (χ2n) is 13.2. The van der Waals surface area contributed by atoms with Crippen LogP contribution in [0.4, 0.5) is 0 Å². The molecular weight excluding hydrogens is 571 g/mol. The molecule has 0 aromatic heterocycles. The van der Waals surface area contributed by atoms with Crippen molar-refractivity contribution in [3.8, 4) is 11.5 Å². The van der Waals surface area contributed by atoms with E-state index < -0.39 is 6.70 Å². The summed E-state index contributed by atoms with van der Waals surface area (Å²) in [5.74, 6) is 2.33. The number of aromatic hydroxyl groups is 1. The van der Waals surface area contributed by atoms with Gasteiger partial charge in [0.25, 0.3) is 0 Å². The van der Waals surface area contributed by atoms with E-state index in [9.17, 15) is 5.11 Å². The van der Waals surface area contributed by atoms with Gasteiger partial charge in [-0.15, -0.1) is 0 Å². The van der Waals surface area contributed by atoms with E-state index in [0.29, 0.717) is 5.75 Å². The maximum atomic E-state index is 10.6. The molecule has 226 valence electrons. The Bertz CT molecular complexity index is 1060. The first-order valence-electron chi connectivity index (χ1n) is 15.2. The maximum absolute atomic E-state index is 10.6. The van der Waals surface area contributed by atoms with Gasteiger partial charge in [-0.25, -0.2) is 0 Å². The number of aryl methyl sites for hydroxylation is 2. The standard InChI is InChI=1S/C34H54ClO2PS2/c1-10-11-12-13-14-15-16-17-18-19-20-39-38(35)37-30-22-26(3)32(24-28(30)34(7,8)9)40-31-23-27(33(4,5)6)29(36)21-25(31)2/h21-24,36H,10-20H2,1-9H3. The van der Waals surface area contributed by atoms with Gasteiger partial charge in [0.2, 0.25) is 6.70 Å². The van der Waals surface area contributed by atoms with Gasteiger partial charge in [-0.05, 0) is 77.7 Å². The molecule has 0 aliphatic carbocycles. The van der Waals surface area contributed by atoms with Crippen LogP contribution < -0.4 is 4.52 Å². The second-order valence-corrected chi connectivity index (χ2v) is 18.8. The van der Waals surface area contributed by atoms with Gasteiger partial charge >= 0.3 is 0 Å². The Balaban J connectivity index is 2.00. The van der Waals surface area contributed by atoms with Crippen LogP contribution in [0, 0.1) is 13.8 Å². The van der Waals surface area contributed by atoms with Crippen LogP contribution in [0.25, 0.3) is 0 Å². The van der Waals surface area contributed by atoms with Gasteiger partial charge in [0.05, 0.1) is 0 Å². The molecule has 0 bridgehead atoms. The van der Waals surface area contributed by atoms with Gasteiger partial charge in [0, 0.05) is 26.7 Å². The fourth-order valence-electron chi connectivity index (χ4n) is 4.76. The quantitative estimate of drug-likeness (QED) is 0.149.